The minimum atomic E-state index is 0.00139. The van der Waals surface area contributed by atoms with E-state index in [9.17, 15) is 9.59 Å². The number of anilines is 1. The van der Waals surface area contributed by atoms with Gasteiger partial charge in [-0.25, -0.2) is 0 Å². The lowest BCUT2D eigenvalue weighted by Crippen LogP contribution is -2.25. The van der Waals surface area contributed by atoms with Crippen LogP contribution < -0.4 is 10.2 Å². The van der Waals surface area contributed by atoms with E-state index in [-0.39, 0.29) is 11.8 Å². The molecule has 1 saturated heterocycles. The van der Waals surface area contributed by atoms with E-state index in [2.05, 4.69) is 11.4 Å². The standard InChI is InChI=1S/C20H22N2O2/c1-15-4-2-5-17(12-15)14-21-19(23)13-16-7-9-18(10-8-16)22-11-3-6-20(22)24/h2,4-5,7-10,12H,3,6,11,13-14H2,1H3,(H,21,23). The van der Waals surface area contributed by atoms with Crippen LogP contribution in [0.15, 0.2) is 48.5 Å². The third kappa shape index (κ3) is 4.02. The van der Waals surface area contributed by atoms with Gasteiger partial charge in [0.2, 0.25) is 11.8 Å². The molecule has 1 N–H and O–H groups in total. The van der Waals surface area contributed by atoms with E-state index in [1.165, 1.54) is 5.56 Å². The van der Waals surface area contributed by atoms with Crippen molar-refractivity contribution in [3.05, 3.63) is 65.2 Å². The Kier molecular flexibility index (Phi) is 4.94. The van der Waals surface area contributed by atoms with E-state index in [0.29, 0.717) is 19.4 Å². The van der Waals surface area contributed by atoms with E-state index in [4.69, 9.17) is 0 Å². The summed E-state index contributed by atoms with van der Waals surface area (Å²) in [7, 11) is 0. The molecule has 0 aliphatic carbocycles. The van der Waals surface area contributed by atoms with E-state index in [1.807, 2.05) is 54.3 Å². The Labute approximate surface area is 142 Å². The van der Waals surface area contributed by atoms with Crippen molar-refractivity contribution >= 4 is 17.5 Å². The second-order valence-electron chi connectivity index (χ2n) is 6.26. The number of benzene rings is 2. The molecule has 3 rings (SSSR count). The van der Waals surface area contributed by atoms with E-state index in [1.54, 1.807) is 0 Å². The summed E-state index contributed by atoms with van der Waals surface area (Å²) in [6.45, 7) is 3.37. The summed E-state index contributed by atoms with van der Waals surface area (Å²) >= 11 is 0. The van der Waals surface area contributed by atoms with Crippen LogP contribution in [0.1, 0.15) is 29.5 Å². The normalized spacial score (nSPS) is 14.0. The van der Waals surface area contributed by atoms with Crippen LogP contribution >= 0.6 is 0 Å². The minimum Gasteiger partial charge on any atom is -0.352 e. The molecule has 0 bridgehead atoms. The molecule has 0 atom stereocenters. The molecule has 0 radical (unpaired) electrons. The number of amides is 2. The maximum Gasteiger partial charge on any atom is 0.227 e. The first kappa shape index (κ1) is 16.2. The lowest BCUT2D eigenvalue weighted by molar-refractivity contribution is -0.120. The third-order valence-corrected chi connectivity index (χ3v) is 4.26. The van der Waals surface area contributed by atoms with E-state index < -0.39 is 0 Å². The molecule has 0 spiro atoms. The van der Waals surface area contributed by atoms with Crippen LogP contribution in [0.2, 0.25) is 0 Å². The molecule has 4 nitrogen and oxygen atoms in total. The summed E-state index contributed by atoms with van der Waals surface area (Å²) in [6.07, 6.45) is 1.89. The fraction of sp³-hybridized carbons (Fsp3) is 0.300. The van der Waals surface area contributed by atoms with Crippen molar-refractivity contribution in [3.8, 4) is 0 Å². The summed E-state index contributed by atoms with van der Waals surface area (Å²) in [4.78, 5) is 25.6. The van der Waals surface area contributed by atoms with Gasteiger partial charge in [0.1, 0.15) is 0 Å². The first-order valence-corrected chi connectivity index (χ1v) is 8.33. The van der Waals surface area contributed by atoms with Crippen LogP contribution in [0.25, 0.3) is 0 Å². The highest BCUT2D eigenvalue weighted by molar-refractivity contribution is 5.95. The average Bonchev–Trinajstić information content (AvgIpc) is 3.00. The summed E-state index contributed by atoms with van der Waals surface area (Å²) < 4.78 is 0. The van der Waals surface area contributed by atoms with Crippen molar-refractivity contribution in [2.45, 2.75) is 32.7 Å². The lowest BCUT2D eigenvalue weighted by atomic mass is 10.1. The van der Waals surface area contributed by atoms with Crippen LogP contribution in [0.4, 0.5) is 5.69 Å². The Morgan fingerprint density at radius 1 is 1.12 bits per heavy atom. The van der Waals surface area contributed by atoms with Crippen LogP contribution in [0, 0.1) is 6.92 Å². The zero-order chi connectivity index (χ0) is 16.9. The molecule has 24 heavy (non-hydrogen) atoms. The van der Waals surface area contributed by atoms with Gasteiger partial charge in [0.05, 0.1) is 6.42 Å². The number of aryl methyl sites for hydroxylation is 1. The van der Waals surface area contributed by atoms with Crippen molar-refractivity contribution in [1.29, 1.82) is 0 Å². The third-order valence-electron chi connectivity index (χ3n) is 4.26. The number of rotatable bonds is 5. The van der Waals surface area contributed by atoms with Crippen LogP contribution in [-0.4, -0.2) is 18.4 Å². The molecule has 0 aromatic heterocycles. The molecule has 2 aromatic rings. The minimum absolute atomic E-state index is 0.00139. The second kappa shape index (κ2) is 7.30. The van der Waals surface area contributed by atoms with Crippen molar-refractivity contribution in [2.75, 3.05) is 11.4 Å². The van der Waals surface area contributed by atoms with E-state index in [0.717, 1.165) is 29.8 Å². The highest BCUT2D eigenvalue weighted by Crippen LogP contribution is 2.21. The molecular formula is C20H22N2O2. The van der Waals surface area contributed by atoms with Gasteiger partial charge < -0.3 is 10.2 Å². The maximum absolute atomic E-state index is 12.1. The number of carbonyl (C=O) groups is 2. The predicted octanol–water partition coefficient (Wildman–Crippen LogP) is 2.98. The van der Waals surface area contributed by atoms with Gasteiger partial charge in [-0.05, 0) is 36.6 Å². The van der Waals surface area contributed by atoms with Gasteiger partial charge in [0.15, 0.2) is 0 Å². The van der Waals surface area contributed by atoms with Crippen LogP contribution in [0.3, 0.4) is 0 Å². The molecule has 1 heterocycles. The highest BCUT2D eigenvalue weighted by atomic mass is 16.2. The zero-order valence-electron chi connectivity index (χ0n) is 13.9. The molecule has 4 heteroatoms. The lowest BCUT2D eigenvalue weighted by Gasteiger charge is -2.15. The Morgan fingerprint density at radius 2 is 1.92 bits per heavy atom. The first-order chi connectivity index (χ1) is 11.6. The van der Waals surface area contributed by atoms with Gasteiger partial charge in [-0.2, -0.15) is 0 Å². The Balaban J connectivity index is 1.53. The molecule has 124 valence electrons. The van der Waals surface area contributed by atoms with Gasteiger partial charge >= 0.3 is 0 Å². The van der Waals surface area contributed by atoms with Crippen LogP contribution in [0.5, 0.6) is 0 Å². The molecule has 2 aromatic carbocycles. The largest absolute Gasteiger partial charge is 0.352 e. The average molecular weight is 322 g/mol. The fourth-order valence-corrected chi connectivity index (χ4v) is 2.99. The Hall–Kier alpha value is -2.62. The molecule has 1 fully saturated rings. The summed E-state index contributed by atoms with van der Waals surface area (Å²) in [6, 6.07) is 15.8. The molecule has 1 aliphatic rings. The molecular weight excluding hydrogens is 300 g/mol. The quantitative estimate of drug-likeness (QED) is 0.920. The van der Waals surface area contributed by atoms with Gasteiger partial charge in [-0.3, -0.25) is 9.59 Å². The SMILES string of the molecule is Cc1cccc(CNC(=O)Cc2ccc(N3CCCC3=O)cc2)c1. The zero-order valence-corrected chi connectivity index (χ0v) is 13.9. The smallest absolute Gasteiger partial charge is 0.227 e. The van der Waals surface area contributed by atoms with Gasteiger partial charge in [-0.15, -0.1) is 0 Å². The number of carbonyl (C=O) groups excluding carboxylic acids is 2. The Morgan fingerprint density at radius 3 is 2.58 bits per heavy atom. The van der Waals surface area contributed by atoms with Crippen molar-refractivity contribution < 1.29 is 9.59 Å². The summed E-state index contributed by atoms with van der Waals surface area (Å²) in [5.41, 5.74) is 4.16. The fourth-order valence-electron chi connectivity index (χ4n) is 2.99. The number of hydrogen-bond donors (Lipinski definition) is 1. The topological polar surface area (TPSA) is 49.4 Å². The summed E-state index contributed by atoms with van der Waals surface area (Å²) in [5, 5.41) is 2.95. The molecule has 0 saturated carbocycles. The number of nitrogens with one attached hydrogen (secondary N) is 1. The number of hydrogen-bond acceptors (Lipinski definition) is 2. The van der Waals surface area contributed by atoms with E-state index >= 15 is 0 Å². The monoisotopic (exact) mass is 322 g/mol. The molecule has 2 amide bonds. The highest BCUT2D eigenvalue weighted by Gasteiger charge is 2.21. The number of nitrogens with zero attached hydrogens (tertiary/aromatic N) is 1. The van der Waals surface area contributed by atoms with Crippen molar-refractivity contribution in [3.63, 3.8) is 0 Å². The first-order valence-electron chi connectivity index (χ1n) is 8.33. The van der Waals surface area contributed by atoms with Crippen molar-refractivity contribution in [2.24, 2.45) is 0 Å². The van der Waals surface area contributed by atoms with Crippen LogP contribution in [-0.2, 0) is 22.6 Å². The molecule has 1 aliphatic heterocycles. The maximum atomic E-state index is 12.1. The Bertz CT molecular complexity index is 738. The predicted molar refractivity (Wildman–Crippen MR) is 94.8 cm³/mol. The van der Waals surface area contributed by atoms with Crippen molar-refractivity contribution in [1.82, 2.24) is 5.32 Å². The van der Waals surface area contributed by atoms with Gasteiger partial charge in [-0.1, -0.05) is 42.0 Å². The summed E-state index contributed by atoms with van der Waals surface area (Å²) in [5.74, 6) is 0.181. The van der Waals surface area contributed by atoms with Gasteiger partial charge in [0.25, 0.3) is 0 Å². The second-order valence-corrected chi connectivity index (χ2v) is 6.26. The molecule has 0 unspecified atom stereocenters. The van der Waals surface area contributed by atoms with Gasteiger partial charge in [0, 0.05) is 25.2 Å².